The quantitative estimate of drug-likeness (QED) is 0.742. The fraction of sp³-hybridized carbons (Fsp3) is 0.467. The Labute approximate surface area is 149 Å². The Hall–Kier alpha value is -1.29. The van der Waals surface area contributed by atoms with Gasteiger partial charge in [0.25, 0.3) is 0 Å². The topological polar surface area (TPSA) is 79.5 Å². The smallest absolute Gasteiger partial charge is 0.243 e. The molecule has 2 heterocycles. The normalized spacial score (nSPS) is 17.2. The molecule has 3 rings (SSSR count). The summed E-state index contributed by atoms with van der Waals surface area (Å²) in [6.07, 6.45) is 0.738. The molecule has 0 radical (unpaired) electrons. The predicted molar refractivity (Wildman–Crippen MR) is 91.9 cm³/mol. The van der Waals surface area contributed by atoms with Crippen molar-refractivity contribution in [3.8, 4) is 0 Å². The Bertz CT molecular complexity index is 801. The van der Waals surface area contributed by atoms with Crippen LogP contribution in [-0.4, -0.2) is 53.9 Å². The van der Waals surface area contributed by atoms with E-state index in [4.69, 9.17) is 4.52 Å². The van der Waals surface area contributed by atoms with Crippen molar-refractivity contribution in [2.45, 2.75) is 24.8 Å². The molecule has 24 heavy (non-hydrogen) atoms. The molecular formula is C15H19BrN4O3S. The zero-order chi connectivity index (χ0) is 17.2. The molecule has 1 aromatic carbocycles. The van der Waals surface area contributed by atoms with Crippen LogP contribution < -0.4 is 0 Å². The lowest BCUT2D eigenvalue weighted by Crippen LogP contribution is -2.48. The average Bonchev–Trinajstić information content (AvgIpc) is 3.03. The first kappa shape index (κ1) is 17.5. The van der Waals surface area contributed by atoms with Gasteiger partial charge in [0, 0.05) is 37.1 Å². The van der Waals surface area contributed by atoms with Crippen LogP contribution in [0, 0.1) is 0 Å². The van der Waals surface area contributed by atoms with Crippen molar-refractivity contribution < 1.29 is 12.9 Å². The minimum absolute atomic E-state index is 0.315. The molecule has 130 valence electrons. The van der Waals surface area contributed by atoms with Gasteiger partial charge in [-0.15, -0.1) is 0 Å². The van der Waals surface area contributed by atoms with Crippen LogP contribution in [0.4, 0.5) is 0 Å². The minimum Gasteiger partial charge on any atom is -0.338 e. The second-order valence-electron chi connectivity index (χ2n) is 5.60. The van der Waals surface area contributed by atoms with Gasteiger partial charge in [0.05, 0.1) is 11.4 Å². The van der Waals surface area contributed by atoms with Crippen molar-refractivity contribution in [2.24, 2.45) is 0 Å². The highest BCUT2D eigenvalue weighted by Gasteiger charge is 2.29. The number of nitrogens with zero attached hydrogens (tertiary/aromatic N) is 4. The van der Waals surface area contributed by atoms with Gasteiger partial charge < -0.3 is 4.52 Å². The fourth-order valence-electron chi connectivity index (χ4n) is 2.59. The second-order valence-corrected chi connectivity index (χ2v) is 8.45. The van der Waals surface area contributed by atoms with E-state index in [2.05, 4.69) is 31.0 Å². The molecule has 0 aliphatic carbocycles. The molecule has 0 saturated carbocycles. The first-order valence-corrected chi connectivity index (χ1v) is 10.0. The van der Waals surface area contributed by atoms with E-state index in [0.717, 1.165) is 10.9 Å². The van der Waals surface area contributed by atoms with Crippen LogP contribution in [0.5, 0.6) is 0 Å². The second kappa shape index (κ2) is 7.30. The summed E-state index contributed by atoms with van der Waals surface area (Å²) in [6, 6.07) is 6.80. The van der Waals surface area contributed by atoms with Gasteiger partial charge in [-0.3, -0.25) is 4.90 Å². The molecule has 9 heteroatoms. The summed E-state index contributed by atoms with van der Waals surface area (Å²) in [4.78, 5) is 6.73. The Kier molecular flexibility index (Phi) is 5.33. The number of piperazine rings is 1. The van der Waals surface area contributed by atoms with Crippen LogP contribution in [0.15, 0.2) is 38.2 Å². The monoisotopic (exact) mass is 414 g/mol. The molecule has 0 bridgehead atoms. The molecule has 0 unspecified atom stereocenters. The molecule has 7 nitrogen and oxygen atoms in total. The SMILES string of the molecule is CCc1noc(CN2CCN(S(=O)(=O)c3cccc(Br)c3)CC2)n1. The highest BCUT2D eigenvalue weighted by atomic mass is 79.9. The van der Waals surface area contributed by atoms with Crippen molar-refractivity contribution in [3.05, 3.63) is 40.5 Å². The van der Waals surface area contributed by atoms with Gasteiger partial charge >= 0.3 is 0 Å². The van der Waals surface area contributed by atoms with Crippen molar-refractivity contribution in [1.29, 1.82) is 0 Å². The lowest BCUT2D eigenvalue weighted by Gasteiger charge is -2.33. The van der Waals surface area contributed by atoms with Crippen molar-refractivity contribution in [2.75, 3.05) is 26.2 Å². The predicted octanol–water partition coefficient (Wildman–Crippen LogP) is 1.90. The lowest BCUT2D eigenvalue weighted by atomic mass is 10.3. The average molecular weight is 415 g/mol. The Morgan fingerprint density at radius 3 is 2.62 bits per heavy atom. The van der Waals surface area contributed by atoms with Gasteiger partial charge in [0.15, 0.2) is 5.82 Å². The molecule has 0 spiro atoms. The maximum absolute atomic E-state index is 12.7. The van der Waals surface area contributed by atoms with Gasteiger partial charge in [-0.25, -0.2) is 8.42 Å². The molecule has 0 amide bonds. The number of benzene rings is 1. The Morgan fingerprint density at radius 2 is 2.00 bits per heavy atom. The van der Waals surface area contributed by atoms with E-state index in [-0.39, 0.29) is 0 Å². The number of aryl methyl sites for hydroxylation is 1. The molecule has 1 aromatic heterocycles. The number of aromatic nitrogens is 2. The van der Waals surface area contributed by atoms with Crippen molar-refractivity contribution >= 4 is 26.0 Å². The summed E-state index contributed by atoms with van der Waals surface area (Å²) < 4.78 is 32.9. The summed E-state index contributed by atoms with van der Waals surface area (Å²) in [5.74, 6) is 1.27. The number of sulfonamides is 1. The fourth-order valence-corrected chi connectivity index (χ4v) is 4.61. The minimum atomic E-state index is -3.46. The van der Waals surface area contributed by atoms with Gasteiger partial charge in [-0.1, -0.05) is 34.1 Å². The van der Waals surface area contributed by atoms with Gasteiger partial charge in [0.1, 0.15) is 0 Å². The van der Waals surface area contributed by atoms with E-state index < -0.39 is 10.0 Å². The van der Waals surface area contributed by atoms with E-state index in [9.17, 15) is 8.42 Å². The summed E-state index contributed by atoms with van der Waals surface area (Å²) in [7, 11) is -3.46. The third-order valence-corrected chi connectivity index (χ3v) is 6.34. The zero-order valence-electron chi connectivity index (χ0n) is 13.4. The summed E-state index contributed by atoms with van der Waals surface area (Å²) in [6.45, 7) is 4.69. The summed E-state index contributed by atoms with van der Waals surface area (Å²) in [5, 5.41) is 3.88. The molecular weight excluding hydrogens is 396 g/mol. The van der Waals surface area contributed by atoms with E-state index in [0.29, 0.717) is 49.3 Å². The summed E-state index contributed by atoms with van der Waals surface area (Å²) >= 11 is 3.32. The van der Waals surface area contributed by atoms with Crippen LogP contribution in [0.1, 0.15) is 18.6 Å². The van der Waals surface area contributed by atoms with Gasteiger partial charge in [-0.2, -0.15) is 9.29 Å². The summed E-state index contributed by atoms with van der Waals surface area (Å²) in [5.41, 5.74) is 0. The van der Waals surface area contributed by atoms with E-state index in [1.54, 1.807) is 18.2 Å². The third-order valence-electron chi connectivity index (χ3n) is 3.95. The number of halogens is 1. The first-order chi connectivity index (χ1) is 11.5. The maximum atomic E-state index is 12.7. The lowest BCUT2D eigenvalue weighted by molar-refractivity contribution is 0.163. The largest absolute Gasteiger partial charge is 0.338 e. The standard InChI is InChI=1S/C15H19BrN4O3S/c1-2-14-17-15(23-18-14)11-19-6-8-20(9-7-19)24(21,22)13-5-3-4-12(16)10-13/h3-5,10H,2,6-9,11H2,1H3. The van der Waals surface area contributed by atoms with Crippen LogP contribution in [-0.2, 0) is 23.0 Å². The van der Waals surface area contributed by atoms with E-state index >= 15 is 0 Å². The van der Waals surface area contributed by atoms with E-state index in [1.165, 1.54) is 4.31 Å². The molecule has 0 N–H and O–H groups in total. The van der Waals surface area contributed by atoms with Crippen LogP contribution in [0.2, 0.25) is 0 Å². The third kappa shape index (κ3) is 3.85. The maximum Gasteiger partial charge on any atom is 0.243 e. The highest BCUT2D eigenvalue weighted by molar-refractivity contribution is 9.10. The molecule has 1 aliphatic heterocycles. The van der Waals surface area contributed by atoms with Crippen LogP contribution in [0.25, 0.3) is 0 Å². The number of rotatable bonds is 5. The molecule has 0 atom stereocenters. The molecule has 1 aliphatic rings. The molecule has 2 aromatic rings. The van der Waals surface area contributed by atoms with Gasteiger partial charge in [-0.05, 0) is 18.2 Å². The Balaban J connectivity index is 1.62. The Morgan fingerprint density at radius 1 is 1.25 bits per heavy atom. The van der Waals surface area contributed by atoms with Crippen molar-refractivity contribution in [1.82, 2.24) is 19.3 Å². The number of hydrogen-bond acceptors (Lipinski definition) is 6. The molecule has 1 fully saturated rings. The van der Waals surface area contributed by atoms with Crippen molar-refractivity contribution in [3.63, 3.8) is 0 Å². The molecule has 1 saturated heterocycles. The van der Waals surface area contributed by atoms with E-state index in [1.807, 2.05) is 13.0 Å². The van der Waals surface area contributed by atoms with Crippen LogP contribution >= 0.6 is 15.9 Å². The first-order valence-electron chi connectivity index (χ1n) is 7.78. The zero-order valence-corrected chi connectivity index (χ0v) is 15.8. The number of hydrogen-bond donors (Lipinski definition) is 0. The van der Waals surface area contributed by atoms with Gasteiger partial charge in [0.2, 0.25) is 15.9 Å². The van der Waals surface area contributed by atoms with Crippen LogP contribution in [0.3, 0.4) is 0 Å². The highest BCUT2D eigenvalue weighted by Crippen LogP contribution is 2.21.